The normalized spacial score (nSPS) is 12.0. The molecule has 112 valence electrons. The van der Waals surface area contributed by atoms with Gasteiger partial charge < -0.3 is 19.7 Å². The predicted octanol–water partition coefficient (Wildman–Crippen LogP) is 3.08. The Kier molecular flexibility index (Phi) is 5.06. The standard InChI is InChI=1S/C17H20O4/c1-20-15-8-10-17(21-2)13(11-15)5-9-16(19)12-3-6-14(18)7-4-12/h3-4,6-8,10-11,16,18-19H,5,9H2,1-2H3. The summed E-state index contributed by atoms with van der Waals surface area (Å²) in [4.78, 5) is 0. The molecule has 0 fully saturated rings. The minimum Gasteiger partial charge on any atom is -0.508 e. The molecule has 21 heavy (non-hydrogen) atoms. The molecule has 0 aromatic heterocycles. The Labute approximate surface area is 124 Å². The fourth-order valence-electron chi connectivity index (χ4n) is 2.23. The van der Waals surface area contributed by atoms with Crippen molar-refractivity contribution in [2.24, 2.45) is 0 Å². The Morgan fingerprint density at radius 2 is 1.71 bits per heavy atom. The molecule has 4 nitrogen and oxygen atoms in total. The van der Waals surface area contributed by atoms with Gasteiger partial charge in [0.1, 0.15) is 17.2 Å². The van der Waals surface area contributed by atoms with Gasteiger partial charge >= 0.3 is 0 Å². The van der Waals surface area contributed by atoms with E-state index in [2.05, 4.69) is 0 Å². The van der Waals surface area contributed by atoms with Gasteiger partial charge in [-0.3, -0.25) is 0 Å². The first-order valence-electron chi connectivity index (χ1n) is 6.82. The summed E-state index contributed by atoms with van der Waals surface area (Å²) in [5, 5.41) is 19.5. The number of phenols is 1. The lowest BCUT2D eigenvalue weighted by Gasteiger charge is -2.14. The Morgan fingerprint density at radius 1 is 1.00 bits per heavy atom. The molecule has 0 radical (unpaired) electrons. The SMILES string of the molecule is COc1ccc(OC)c(CCC(O)c2ccc(O)cc2)c1. The fraction of sp³-hybridized carbons (Fsp3) is 0.294. The summed E-state index contributed by atoms with van der Waals surface area (Å²) in [6.07, 6.45) is 0.651. The van der Waals surface area contributed by atoms with Crippen molar-refractivity contribution in [1.29, 1.82) is 0 Å². The third-order valence-electron chi connectivity index (χ3n) is 3.45. The number of aliphatic hydroxyl groups is 1. The molecule has 4 heteroatoms. The van der Waals surface area contributed by atoms with E-state index in [1.165, 1.54) is 0 Å². The molecular formula is C17H20O4. The van der Waals surface area contributed by atoms with Crippen LogP contribution >= 0.6 is 0 Å². The molecule has 0 aliphatic heterocycles. The van der Waals surface area contributed by atoms with Crippen molar-refractivity contribution in [3.05, 3.63) is 53.6 Å². The zero-order valence-electron chi connectivity index (χ0n) is 12.2. The van der Waals surface area contributed by atoms with Crippen LogP contribution in [0.4, 0.5) is 0 Å². The van der Waals surface area contributed by atoms with Gasteiger partial charge in [0.25, 0.3) is 0 Å². The quantitative estimate of drug-likeness (QED) is 0.857. The van der Waals surface area contributed by atoms with E-state index in [0.717, 1.165) is 22.6 Å². The van der Waals surface area contributed by atoms with Gasteiger partial charge in [0.15, 0.2) is 0 Å². The molecule has 0 spiro atoms. The third kappa shape index (κ3) is 3.89. The van der Waals surface area contributed by atoms with E-state index in [0.29, 0.717) is 12.8 Å². The second-order valence-electron chi connectivity index (χ2n) is 4.82. The number of methoxy groups -OCH3 is 2. The van der Waals surface area contributed by atoms with Crippen LogP contribution in [0.1, 0.15) is 23.7 Å². The predicted molar refractivity (Wildman–Crippen MR) is 80.9 cm³/mol. The molecule has 2 aromatic rings. The second kappa shape index (κ2) is 6.99. The van der Waals surface area contributed by atoms with Gasteiger partial charge in [-0.25, -0.2) is 0 Å². The van der Waals surface area contributed by atoms with Crippen LogP contribution in [-0.4, -0.2) is 24.4 Å². The molecule has 0 saturated heterocycles. The summed E-state index contributed by atoms with van der Waals surface area (Å²) in [7, 11) is 3.25. The van der Waals surface area contributed by atoms with E-state index in [9.17, 15) is 10.2 Å². The number of hydrogen-bond acceptors (Lipinski definition) is 4. The number of rotatable bonds is 6. The van der Waals surface area contributed by atoms with Gasteiger partial charge in [-0.2, -0.15) is 0 Å². The van der Waals surface area contributed by atoms with Crippen molar-refractivity contribution in [3.8, 4) is 17.2 Å². The van der Waals surface area contributed by atoms with Crippen LogP contribution in [0.3, 0.4) is 0 Å². The highest BCUT2D eigenvalue weighted by atomic mass is 16.5. The number of ether oxygens (including phenoxy) is 2. The minimum absolute atomic E-state index is 0.195. The molecule has 0 aliphatic carbocycles. The maximum atomic E-state index is 10.2. The summed E-state index contributed by atoms with van der Waals surface area (Å²) in [5.74, 6) is 1.75. The van der Waals surface area contributed by atoms with Crippen LogP contribution < -0.4 is 9.47 Å². The summed E-state index contributed by atoms with van der Waals surface area (Å²) in [6, 6.07) is 12.2. The molecule has 2 rings (SSSR count). The molecule has 0 saturated carbocycles. The second-order valence-corrected chi connectivity index (χ2v) is 4.82. The summed E-state index contributed by atoms with van der Waals surface area (Å²) < 4.78 is 10.5. The van der Waals surface area contributed by atoms with Gasteiger partial charge in [-0.05, 0) is 54.3 Å². The lowest BCUT2D eigenvalue weighted by atomic mass is 10.0. The van der Waals surface area contributed by atoms with Crippen molar-refractivity contribution in [2.45, 2.75) is 18.9 Å². The van der Waals surface area contributed by atoms with Gasteiger partial charge in [-0.1, -0.05) is 12.1 Å². The topological polar surface area (TPSA) is 58.9 Å². The Hall–Kier alpha value is -2.20. The maximum Gasteiger partial charge on any atom is 0.122 e. The molecule has 2 N–H and O–H groups in total. The Balaban J connectivity index is 2.06. The van der Waals surface area contributed by atoms with Crippen LogP contribution in [0, 0.1) is 0 Å². The average molecular weight is 288 g/mol. The first kappa shape index (κ1) is 15.2. The molecule has 2 aromatic carbocycles. The Morgan fingerprint density at radius 3 is 2.33 bits per heavy atom. The highest BCUT2D eigenvalue weighted by Gasteiger charge is 2.11. The van der Waals surface area contributed by atoms with Gasteiger partial charge in [-0.15, -0.1) is 0 Å². The number of aliphatic hydroxyl groups excluding tert-OH is 1. The molecule has 0 bridgehead atoms. The average Bonchev–Trinajstić information content (AvgIpc) is 2.52. The van der Waals surface area contributed by atoms with E-state index >= 15 is 0 Å². The number of hydrogen-bond donors (Lipinski definition) is 2. The molecule has 0 heterocycles. The van der Waals surface area contributed by atoms with Gasteiger partial charge in [0.05, 0.1) is 20.3 Å². The third-order valence-corrected chi connectivity index (χ3v) is 3.45. The zero-order valence-corrected chi connectivity index (χ0v) is 12.2. The van der Waals surface area contributed by atoms with Crippen LogP contribution in [0.15, 0.2) is 42.5 Å². The van der Waals surface area contributed by atoms with Crippen LogP contribution in [-0.2, 0) is 6.42 Å². The molecule has 0 amide bonds. The van der Waals surface area contributed by atoms with Gasteiger partial charge in [0, 0.05) is 0 Å². The summed E-state index contributed by atoms with van der Waals surface area (Å²) in [5.41, 5.74) is 1.78. The van der Waals surface area contributed by atoms with Crippen LogP contribution in [0.5, 0.6) is 17.2 Å². The van der Waals surface area contributed by atoms with Crippen LogP contribution in [0.25, 0.3) is 0 Å². The smallest absolute Gasteiger partial charge is 0.122 e. The molecule has 1 unspecified atom stereocenters. The number of aryl methyl sites for hydroxylation is 1. The first-order valence-corrected chi connectivity index (χ1v) is 6.82. The van der Waals surface area contributed by atoms with Crippen molar-refractivity contribution in [2.75, 3.05) is 14.2 Å². The van der Waals surface area contributed by atoms with E-state index in [4.69, 9.17) is 9.47 Å². The highest BCUT2D eigenvalue weighted by molar-refractivity contribution is 5.40. The number of benzene rings is 2. The monoisotopic (exact) mass is 288 g/mol. The van der Waals surface area contributed by atoms with Crippen LogP contribution in [0.2, 0.25) is 0 Å². The van der Waals surface area contributed by atoms with Crippen molar-refractivity contribution in [3.63, 3.8) is 0 Å². The summed E-state index contributed by atoms with van der Waals surface area (Å²) >= 11 is 0. The highest BCUT2D eigenvalue weighted by Crippen LogP contribution is 2.28. The van der Waals surface area contributed by atoms with Crippen molar-refractivity contribution < 1.29 is 19.7 Å². The summed E-state index contributed by atoms with van der Waals surface area (Å²) in [6.45, 7) is 0. The molecule has 1 atom stereocenters. The Bertz CT molecular complexity index is 578. The largest absolute Gasteiger partial charge is 0.508 e. The van der Waals surface area contributed by atoms with E-state index in [-0.39, 0.29) is 5.75 Å². The van der Waals surface area contributed by atoms with E-state index < -0.39 is 6.10 Å². The van der Waals surface area contributed by atoms with Gasteiger partial charge in [0.2, 0.25) is 0 Å². The van der Waals surface area contributed by atoms with E-state index in [1.807, 2.05) is 18.2 Å². The van der Waals surface area contributed by atoms with Crippen molar-refractivity contribution >= 4 is 0 Å². The maximum absolute atomic E-state index is 10.2. The van der Waals surface area contributed by atoms with Crippen molar-refractivity contribution in [1.82, 2.24) is 0 Å². The zero-order chi connectivity index (χ0) is 15.2. The molecule has 0 aliphatic rings. The number of aromatic hydroxyl groups is 1. The first-order chi connectivity index (χ1) is 10.1. The van der Waals surface area contributed by atoms with E-state index in [1.54, 1.807) is 38.5 Å². The lowest BCUT2D eigenvalue weighted by molar-refractivity contribution is 0.167. The minimum atomic E-state index is -0.582. The fourth-order valence-corrected chi connectivity index (χ4v) is 2.23. The number of phenolic OH excluding ortho intramolecular Hbond substituents is 1. The lowest BCUT2D eigenvalue weighted by Crippen LogP contribution is -2.01. The molecular weight excluding hydrogens is 268 g/mol.